The Morgan fingerprint density at radius 3 is 2.62 bits per heavy atom. The third kappa shape index (κ3) is 1.84. The number of ether oxygens (including phenoxy) is 1. The van der Waals surface area contributed by atoms with Crippen LogP contribution in [0.25, 0.3) is 5.76 Å². The Morgan fingerprint density at radius 1 is 1.54 bits per heavy atom. The molecule has 0 saturated heterocycles. The molecule has 13 heavy (non-hydrogen) atoms. The molecule has 0 atom stereocenters. The van der Waals surface area contributed by atoms with Crippen LogP contribution in [0.3, 0.4) is 0 Å². The lowest BCUT2D eigenvalue weighted by Crippen LogP contribution is -1.91. The van der Waals surface area contributed by atoms with E-state index in [-0.39, 0.29) is 11.3 Å². The minimum atomic E-state index is -0.0617. The summed E-state index contributed by atoms with van der Waals surface area (Å²) in [5.74, 6) is 0.228. The van der Waals surface area contributed by atoms with Gasteiger partial charge in [-0.1, -0.05) is 0 Å². The molecule has 0 bridgehead atoms. The predicted octanol–water partition coefficient (Wildman–Crippen LogP) is 1.55. The van der Waals surface area contributed by atoms with Crippen LogP contribution >= 0.6 is 11.3 Å². The minimum Gasteiger partial charge on any atom is -0.492 e. The number of aromatic nitrogens is 1. The van der Waals surface area contributed by atoms with Gasteiger partial charge in [0, 0.05) is 5.38 Å². The highest BCUT2D eigenvalue weighted by atomic mass is 32.1. The fourth-order valence-corrected chi connectivity index (χ4v) is 1.32. The van der Waals surface area contributed by atoms with Crippen molar-refractivity contribution in [3.05, 3.63) is 22.2 Å². The molecule has 1 rings (SSSR count). The highest BCUT2D eigenvalue weighted by molar-refractivity contribution is 7.07. The second kappa shape index (κ2) is 4.24. The average Bonchev–Trinajstić information content (AvgIpc) is 2.66. The number of nitrogens with zero attached hydrogens (tertiary/aromatic N) is 3. The van der Waals surface area contributed by atoms with Gasteiger partial charge in [0.05, 0.1) is 12.6 Å². The van der Waals surface area contributed by atoms with Crippen LogP contribution in [0.2, 0.25) is 0 Å². The van der Waals surface area contributed by atoms with Crippen LogP contribution in [0.15, 0.2) is 16.5 Å². The van der Waals surface area contributed by atoms with Crippen LogP contribution in [-0.2, 0) is 4.74 Å². The number of nitriles is 2. The highest BCUT2D eigenvalue weighted by Gasteiger charge is 2.10. The standard InChI is InChI=1S/C8H5N3OS/c1-12-8(6(2-9)3-10)7-4-13-5-11-7/h4-5H,1H3. The second-order valence-corrected chi connectivity index (χ2v) is 2.72. The predicted molar refractivity (Wildman–Crippen MR) is 47.3 cm³/mol. The first-order chi connectivity index (χ1) is 6.33. The first-order valence-electron chi connectivity index (χ1n) is 3.30. The summed E-state index contributed by atoms with van der Waals surface area (Å²) in [6.07, 6.45) is 0. The Balaban J connectivity index is 3.21. The van der Waals surface area contributed by atoms with Gasteiger partial charge in [0.15, 0.2) is 11.3 Å². The second-order valence-electron chi connectivity index (χ2n) is 2.01. The van der Waals surface area contributed by atoms with Crippen molar-refractivity contribution in [1.29, 1.82) is 10.5 Å². The maximum absolute atomic E-state index is 8.59. The number of hydrogen-bond donors (Lipinski definition) is 0. The fourth-order valence-electron chi connectivity index (χ4n) is 0.786. The molecule has 0 spiro atoms. The molecule has 0 N–H and O–H groups in total. The van der Waals surface area contributed by atoms with E-state index in [1.54, 1.807) is 23.0 Å². The van der Waals surface area contributed by atoms with Crippen molar-refractivity contribution in [2.24, 2.45) is 0 Å². The summed E-state index contributed by atoms with van der Waals surface area (Å²) in [5.41, 5.74) is 2.07. The van der Waals surface area contributed by atoms with E-state index in [0.717, 1.165) is 0 Å². The SMILES string of the molecule is COC(=C(C#N)C#N)c1cscn1. The lowest BCUT2D eigenvalue weighted by Gasteiger charge is -2.00. The zero-order valence-corrected chi connectivity index (χ0v) is 7.63. The Kier molecular flexibility index (Phi) is 3.02. The van der Waals surface area contributed by atoms with Gasteiger partial charge in [0.1, 0.15) is 17.8 Å². The van der Waals surface area contributed by atoms with E-state index < -0.39 is 0 Å². The molecule has 0 aliphatic heterocycles. The molecule has 0 fully saturated rings. The van der Waals surface area contributed by atoms with Crippen molar-refractivity contribution in [2.45, 2.75) is 0 Å². The van der Waals surface area contributed by atoms with Gasteiger partial charge in [0.2, 0.25) is 0 Å². The van der Waals surface area contributed by atoms with E-state index in [2.05, 4.69) is 4.98 Å². The molecule has 4 nitrogen and oxygen atoms in total. The van der Waals surface area contributed by atoms with Crippen LogP contribution in [-0.4, -0.2) is 12.1 Å². The van der Waals surface area contributed by atoms with Crippen molar-refractivity contribution in [3.63, 3.8) is 0 Å². The lowest BCUT2D eigenvalue weighted by atomic mass is 10.2. The van der Waals surface area contributed by atoms with Gasteiger partial charge in [-0.3, -0.25) is 0 Å². The zero-order chi connectivity index (χ0) is 9.68. The van der Waals surface area contributed by atoms with Crippen LogP contribution in [0, 0.1) is 22.7 Å². The van der Waals surface area contributed by atoms with Gasteiger partial charge in [0.25, 0.3) is 0 Å². The molecule has 0 radical (unpaired) electrons. The summed E-state index contributed by atoms with van der Waals surface area (Å²) in [4.78, 5) is 3.94. The van der Waals surface area contributed by atoms with Gasteiger partial charge in [-0.15, -0.1) is 11.3 Å². The van der Waals surface area contributed by atoms with Gasteiger partial charge < -0.3 is 4.74 Å². The average molecular weight is 191 g/mol. The van der Waals surface area contributed by atoms with E-state index in [9.17, 15) is 0 Å². The smallest absolute Gasteiger partial charge is 0.173 e. The van der Waals surface area contributed by atoms with Crippen molar-refractivity contribution < 1.29 is 4.74 Å². The maximum atomic E-state index is 8.59. The molecule has 0 amide bonds. The summed E-state index contributed by atoms with van der Waals surface area (Å²) >= 11 is 1.38. The molecular weight excluding hydrogens is 186 g/mol. The van der Waals surface area contributed by atoms with E-state index in [1.807, 2.05) is 0 Å². The summed E-state index contributed by atoms with van der Waals surface area (Å²) in [5, 5.41) is 18.9. The van der Waals surface area contributed by atoms with E-state index in [1.165, 1.54) is 18.4 Å². The number of hydrogen-bond acceptors (Lipinski definition) is 5. The van der Waals surface area contributed by atoms with Crippen molar-refractivity contribution in [2.75, 3.05) is 7.11 Å². The molecule has 5 heteroatoms. The fraction of sp³-hybridized carbons (Fsp3) is 0.125. The molecule has 0 aliphatic carbocycles. The first kappa shape index (κ1) is 9.24. The van der Waals surface area contributed by atoms with E-state index >= 15 is 0 Å². The first-order valence-corrected chi connectivity index (χ1v) is 4.24. The highest BCUT2D eigenvalue weighted by Crippen LogP contribution is 2.18. The lowest BCUT2D eigenvalue weighted by molar-refractivity contribution is 0.367. The van der Waals surface area contributed by atoms with Crippen molar-refractivity contribution in [3.8, 4) is 12.1 Å². The summed E-state index contributed by atoms with van der Waals surface area (Å²) in [6.45, 7) is 0. The Labute approximate surface area is 79.3 Å². The Morgan fingerprint density at radius 2 is 2.23 bits per heavy atom. The molecule has 0 aromatic carbocycles. The minimum absolute atomic E-state index is 0.0617. The molecule has 64 valence electrons. The Hall–Kier alpha value is -1.85. The summed E-state index contributed by atoms with van der Waals surface area (Å²) in [6, 6.07) is 3.50. The van der Waals surface area contributed by atoms with Crippen molar-refractivity contribution >= 4 is 17.1 Å². The quantitative estimate of drug-likeness (QED) is 0.525. The van der Waals surface area contributed by atoms with E-state index in [4.69, 9.17) is 15.3 Å². The van der Waals surface area contributed by atoms with Crippen LogP contribution < -0.4 is 0 Å². The third-order valence-corrected chi connectivity index (χ3v) is 1.91. The van der Waals surface area contributed by atoms with Crippen LogP contribution in [0.4, 0.5) is 0 Å². The number of methoxy groups -OCH3 is 1. The maximum Gasteiger partial charge on any atom is 0.173 e. The Bertz CT molecular complexity index is 378. The third-order valence-electron chi connectivity index (χ3n) is 1.32. The van der Waals surface area contributed by atoms with Gasteiger partial charge in [-0.05, 0) is 0 Å². The monoisotopic (exact) mass is 191 g/mol. The largest absolute Gasteiger partial charge is 0.492 e. The number of allylic oxidation sites excluding steroid dienone is 1. The molecule has 0 unspecified atom stereocenters. The van der Waals surface area contributed by atoms with Gasteiger partial charge in [-0.25, -0.2) is 4.98 Å². The van der Waals surface area contributed by atoms with Gasteiger partial charge >= 0.3 is 0 Å². The number of rotatable bonds is 2. The van der Waals surface area contributed by atoms with Crippen LogP contribution in [0.5, 0.6) is 0 Å². The summed E-state index contributed by atoms with van der Waals surface area (Å²) in [7, 11) is 1.41. The molecule has 1 heterocycles. The van der Waals surface area contributed by atoms with Gasteiger partial charge in [-0.2, -0.15) is 10.5 Å². The zero-order valence-electron chi connectivity index (χ0n) is 6.81. The summed E-state index contributed by atoms with van der Waals surface area (Å²) < 4.78 is 4.92. The molecule has 0 aliphatic rings. The van der Waals surface area contributed by atoms with E-state index in [0.29, 0.717) is 5.69 Å². The molecule has 0 saturated carbocycles. The topological polar surface area (TPSA) is 69.7 Å². The molecular formula is C8H5N3OS. The molecule has 1 aromatic rings. The van der Waals surface area contributed by atoms with Crippen molar-refractivity contribution in [1.82, 2.24) is 4.98 Å². The van der Waals surface area contributed by atoms with Crippen LogP contribution in [0.1, 0.15) is 5.69 Å². The molecule has 1 aromatic heterocycles. The number of thiazole rings is 1. The normalized spacial score (nSPS) is 8.23.